The van der Waals surface area contributed by atoms with Crippen molar-refractivity contribution in [1.29, 1.82) is 0 Å². The molecular weight excluding hydrogens is 336 g/mol. The highest BCUT2D eigenvalue weighted by Gasteiger charge is 2.19. The van der Waals surface area contributed by atoms with Crippen LogP contribution in [0.1, 0.15) is 24.1 Å². The van der Waals surface area contributed by atoms with Gasteiger partial charge in [-0.05, 0) is 38.3 Å². The molecule has 1 saturated heterocycles. The third-order valence-corrected chi connectivity index (χ3v) is 4.61. The summed E-state index contributed by atoms with van der Waals surface area (Å²) < 4.78 is 12.4. The predicted octanol–water partition coefficient (Wildman–Crippen LogP) is 1.45. The molecule has 0 bridgehead atoms. The summed E-state index contributed by atoms with van der Waals surface area (Å²) in [6.07, 6.45) is 3.40. The Morgan fingerprint density at radius 2 is 2.27 bits per heavy atom. The van der Waals surface area contributed by atoms with Gasteiger partial charge in [-0.25, -0.2) is 9.97 Å². The molecule has 1 amide bonds. The first-order valence-electron chi connectivity index (χ1n) is 8.67. The van der Waals surface area contributed by atoms with Crippen LogP contribution in [0.3, 0.4) is 0 Å². The summed E-state index contributed by atoms with van der Waals surface area (Å²) in [6.45, 7) is 4.87. The van der Waals surface area contributed by atoms with Crippen molar-refractivity contribution in [3.05, 3.63) is 34.0 Å². The zero-order valence-electron chi connectivity index (χ0n) is 14.7. The Hall–Kier alpha value is -2.74. The van der Waals surface area contributed by atoms with Crippen molar-refractivity contribution in [2.24, 2.45) is 0 Å². The van der Waals surface area contributed by atoms with Crippen LogP contribution in [0.4, 0.5) is 0 Å². The van der Waals surface area contributed by atoms with Gasteiger partial charge in [-0.1, -0.05) is 0 Å². The van der Waals surface area contributed by atoms with E-state index in [4.69, 9.17) is 9.15 Å². The second-order valence-electron chi connectivity index (χ2n) is 6.66. The first-order valence-corrected chi connectivity index (χ1v) is 8.67. The Kier molecular flexibility index (Phi) is 4.20. The van der Waals surface area contributed by atoms with Crippen LogP contribution in [0.25, 0.3) is 22.2 Å². The number of fused-ring (bicyclic) bond motifs is 3. The molecule has 0 saturated carbocycles. The van der Waals surface area contributed by atoms with Crippen molar-refractivity contribution in [3.63, 3.8) is 0 Å². The fraction of sp³-hybridized carbons (Fsp3) is 0.444. The van der Waals surface area contributed by atoms with Gasteiger partial charge in [0.2, 0.25) is 17.2 Å². The minimum atomic E-state index is -0.391. The molecule has 0 unspecified atom stereocenters. The van der Waals surface area contributed by atoms with Crippen molar-refractivity contribution in [2.45, 2.75) is 39.3 Å². The lowest BCUT2D eigenvalue weighted by Crippen LogP contribution is -2.36. The molecule has 1 aliphatic rings. The van der Waals surface area contributed by atoms with Crippen LogP contribution in [0.15, 0.2) is 21.6 Å². The van der Waals surface area contributed by atoms with E-state index in [-0.39, 0.29) is 24.1 Å². The maximum atomic E-state index is 12.7. The van der Waals surface area contributed by atoms with E-state index in [1.807, 2.05) is 19.9 Å². The van der Waals surface area contributed by atoms with E-state index in [2.05, 4.69) is 15.3 Å². The van der Waals surface area contributed by atoms with Crippen LogP contribution in [-0.4, -0.2) is 39.7 Å². The van der Waals surface area contributed by atoms with E-state index in [0.717, 1.165) is 36.1 Å². The number of carbonyl (C=O) groups is 1. The topological polar surface area (TPSA) is 99.2 Å². The van der Waals surface area contributed by atoms with Gasteiger partial charge >= 0.3 is 0 Å². The second kappa shape index (κ2) is 6.53. The van der Waals surface area contributed by atoms with Crippen molar-refractivity contribution < 1.29 is 13.9 Å². The van der Waals surface area contributed by atoms with E-state index in [1.165, 1.54) is 10.9 Å². The molecule has 0 spiro atoms. The number of furan rings is 1. The number of amides is 1. The third-order valence-electron chi connectivity index (χ3n) is 4.61. The van der Waals surface area contributed by atoms with Crippen LogP contribution >= 0.6 is 0 Å². The molecule has 1 aliphatic heterocycles. The van der Waals surface area contributed by atoms with E-state index in [1.54, 1.807) is 0 Å². The first-order chi connectivity index (χ1) is 12.5. The van der Waals surface area contributed by atoms with Crippen LogP contribution in [0, 0.1) is 13.8 Å². The summed E-state index contributed by atoms with van der Waals surface area (Å²) in [5.74, 6) is -0.259. The van der Waals surface area contributed by atoms with Gasteiger partial charge in [0.1, 0.15) is 12.1 Å². The SMILES string of the molecule is Cc1cc(C)c2c(n1)oc1c(=O)n(CC(=O)NC[C@H]3CCCO3)cnc12. The molecule has 1 atom stereocenters. The Bertz CT molecular complexity index is 1050. The molecule has 1 fully saturated rings. The minimum Gasteiger partial charge on any atom is -0.430 e. The molecule has 0 aliphatic carbocycles. The van der Waals surface area contributed by atoms with E-state index >= 15 is 0 Å². The summed E-state index contributed by atoms with van der Waals surface area (Å²) in [5, 5.41) is 3.53. The third kappa shape index (κ3) is 2.96. The van der Waals surface area contributed by atoms with E-state index in [9.17, 15) is 9.59 Å². The average molecular weight is 356 g/mol. The van der Waals surface area contributed by atoms with Crippen LogP contribution in [0.2, 0.25) is 0 Å². The molecule has 8 heteroatoms. The van der Waals surface area contributed by atoms with Gasteiger partial charge in [-0.2, -0.15) is 0 Å². The lowest BCUT2D eigenvalue weighted by atomic mass is 10.1. The summed E-state index contributed by atoms with van der Waals surface area (Å²) in [5.41, 5.74) is 2.36. The van der Waals surface area contributed by atoms with Crippen molar-refractivity contribution in [2.75, 3.05) is 13.2 Å². The van der Waals surface area contributed by atoms with Gasteiger partial charge in [0.25, 0.3) is 5.56 Å². The average Bonchev–Trinajstić information content (AvgIpc) is 3.23. The number of pyridine rings is 1. The van der Waals surface area contributed by atoms with E-state index < -0.39 is 5.56 Å². The highest BCUT2D eigenvalue weighted by atomic mass is 16.5. The zero-order chi connectivity index (χ0) is 18.3. The zero-order valence-corrected chi connectivity index (χ0v) is 14.7. The number of hydrogen-bond donors (Lipinski definition) is 1. The number of hydrogen-bond acceptors (Lipinski definition) is 6. The van der Waals surface area contributed by atoms with Gasteiger partial charge in [-0.3, -0.25) is 14.2 Å². The summed E-state index contributed by atoms with van der Waals surface area (Å²) in [7, 11) is 0. The lowest BCUT2D eigenvalue weighted by Gasteiger charge is -2.11. The highest BCUT2D eigenvalue weighted by molar-refractivity contribution is 6.02. The number of nitrogens with one attached hydrogen (secondary N) is 1. The molecule has 4 rings (SSSR count). The molecule has 1 N–H and O–H groups in total. The normalized spacial score (nSPS) is 17.2. The fourth-order valence-electron chi connectivity index (χ4n) is 3.36. The largest absolute Gasteiger partial charge is 0.430 e. The number of nitrogens with zero attached hydrogens (tertiary/aromatic N) is 3. The van der Waals surface area contributed by atoms with Gasteiger partial charge in [-0.15, -0.1) is 0 Å². The molecular formula is C18H20N4O4. The maximum absolute atomic E-state index is 12.7. The predicted molar refractivity (Wildman–Crippen MR) is 95.0 cm³/mol. The molecule has 8 nitrogen and oxygen atoms in total. The summed E-state index contributed by atoms with van der Waals surface area (Å²) >= 11 is 0. The number of aromatic nitrogens is 3. The van der Waals surface area contributed by atoms with Gasteiger partial charge < -0.3 is 14.5 Å². The molecule has 3 aromatic heterocycles. The molecule has 26 heavy (non-hydrogen) atoms. The van der Waals surface area contributed by atoms with Crippen LogP contribution < -0.4 is 10.9 Å². The van der Waals surface area contributed by atoms with Gasteiger partial charge in [0.05, 0.1) is 17.8 Å². The fourth-order valence-corrected chi connectivity index (χ4v) is 3.36. The first kappa shape index (κ1) is 16.7. The second-order valence-corrected chi connectivity index (χ2v) is 6.66. The highest BCUT2D eigenvalue weighted by Crippen LogP contribution is 2.26. The smallest absolute Gasteiger partial charge is 0.297 e. The van der Waals surface area contributed by atoms with Crippen molar-refractivity contribution >= 4 is 28.1 Å². The molecule has 3 aromatic rings. The van der Waals surface area contributed by atoms with Crippen LogP contribution in [0.5, 0.6) is 0 Å². The summed E-state index contributed by atoms with van der Waals surface area (Å²) in [4.78, 5) is 33.5. The molecule has 136 valence electrons. The van der Waals surface area contributed by atoms with Gasteiger partial charge in [0.15, 0.2) is 0 Å². The Balaban J connectivity index is 1.61. The minimum absolute atomic E-state index is 0.0592. The Morgan fingerprint density at radius 3 is 3.04 bits per heavy atom. The number of aryl methyl sites for hydroxylation is 2. The van der Waals surface area contributed by atoms with Gasteiger partial charge in [0, 0.05) is 18.8 Å². The standard InChI is InChI=1S/C18H20N4O4/c1-10-6-11(2)21-17-14(10)15-16(26-17)18(24)22(9-20-15)8-13(23)19-7-12-4-3-5-25-12/h6,9,12H,3-5,7-8H2,1-2H3,(H,19,23)/t12-/m1/s1. The Labute approximate surface area is 149 Å². The number of rotatable bonds is 4. The number of ether oxygens (including phenoxy) is 1. The molecule has 4 heterocycles. The lowest BCUT2D eigenvalue weighted by molar-refractivity contribution is -0.122. The van der Waals surface area contributed by atoms with Crippen molar-refractivity contribution in [1.82, 2.24) is 19.9 Å². The Morgan fingerprint density at radius 1 is 1.42 bits per heavy atom. The quantitative estimate of drug-likeness (QED) is 0.760. The monoisotopic (exact) mass is 356 g/mol. The number of carbonyl (C=O) groups excluding carboxylic acids is 1. The maximum Gasteiger partial charge on any atom is 0.297 e. The molecule has 0 aromatic carbocycles. The van der Waals surface area contributed by atoms with E-state index in [0.29, 0.717) is 17.8 Å². The molecule has 0 radical (unpaired) electrons. The van der Waals surface area contributed by atoms with Crippen molar-refractivity contribution in [3.8, 4) is 0 Å². The summed E-state index contributed by atoms with van der Waals surface area (Å²) in [6, 6.07) is 1.92. The van der Waals surface area contributed by atoms with Crippen LogP contribution in [-0.2, 0) is 16.1 Å².